The molecule has 1 aromatic rings. The Morgan fingerprint density at radius 1 is 1.48 bits per heavy atom. The van der Waals surface area contributed by atoms with Crippen LogP contribution >= 0.6 is 0 Å². The molecule has 0 saturated heterocycles. The first-order valence-electron chi connectivity index (χ1n) is 8.05. The second-order valence-corrected chi connectivity index (χ2v) is 6.14. The Morgan fingerprint density at radius 2 is 2.30 bits per heavy atom. The van der Waals surface area contributed by atoms with Crippen molar-refractivity contribution < 1.29 is 14.0 Å². The van der Waals surface area contributed by atoms with E-state index in [9.17, 15) is 9.18 Å². The van der Waals surface area contributed by atoms with Crippen LogP contribution in [0.4, 0.5) is 4.39 Å². The van der Waals surface area contributed by atoms with Crippen molar-refractivity contribution in [2.45, 2.75) is 31.8 Å². The van der Waals surface area contributed by atoms with Gasteiger partial charge in [0.1, 0.15) is 5.82 Å². The zero-order chi connectivity index (χ0) is 16.2. The molecule has 0 radical (unpaired) electrons. The lowest BCUT2D eigenvalue weighted by Gasteiger charge is -2.32. The molecule has 0 unspecified atom stereocenters. The third-order valence-corrected chi connectivity index (χ3v) is 4.43. The Balaban J connectivity index is 1.60. The fraction of sp³-hybridized carbons (Fsp3) is 0.444. The zero-order valence-corrected chi connectivity index (χ0v) is 13.1. The van der Waals surface area contributed by atoms with Crippen LogP contribution in [0.2, 0.25) is 0 Å². The van der Waals surface area contributed by atoms with Gasteiger partial charge in [-0.1, -0.05) is 29.8 Å². The molecule has 1 fully saturated rings. The number of rotatable bonds is 6. The van der Waals surface area contributed by atoms with Gasteiger partial charge in [0.2, 0.25) is 5.91 Å². The molecule has 1 heterocycles. The van der Waals surface area contributed by atoms with Crippen LogP contribution in [-0.4, -0.2) is 35.7 Å². The molecule has 1 saturated carbocycles. The molecule has 1 atom stereocenters. The maximum atomic E-state index is 13.3. The smallest absolute Gasteiger partial charge is 0.226 e. The molecule has 1 aliphatic heterocycles. The highest BCUT2D eigenvalue weighted by Crippen LogP contribution is 2.29. The van der Waals surface area contributed by atoms with Crippen LogP contribution in [-0.2, 0) is 9.63 Å². The van der Waals surface area contributed by atoms with E-state index in [0.717, 1.165) is 30.5 Å². The first-order valence-corrected chi connectivity index (χ1v) is 8.05. The highest BCUT2D eigenvalue weighted by Gasteiger charge is 2.32. The summed E-state index contributed by atoms with van der Waals surface area (Å²) in [5.41, 5.74) is 1.46. The van der Waals surface area contributed by atoms with Crippen LogP contribution in [0.1, 0.15) is 31.2 Å². The van der Waals surface area contributed by atoms with E-state index < -0.39 is 0 Å². The second kappa shape index (κ2) is 6.94. The zero-order valence-electron chi connectivity index (χ0n) is 13.1. The number of amides is 1. The Bertz CT molecular complexity index is 625. The summed E-state index contributed by atoms with van der Waals surface area (Å²) in [6.45, 7) is 4.74. The minimum Gasteiger partial charge on any atom is -0.390 e. The second-order valence-electron chi connectivity index (χ2n) is 6.14. The molecule has 0 spiro atoms. The van der Waals surface area contributed by atoms with E-state index in [4.69, 9.17) is 4.84 Å². The van der Waals surface area contributed by atoms with Crippen molar-refractivity contribution >= 4 is 11.6 Å². The first kappa shape index (κ1) is 15.7. The number of hydrogen-bond acceptors (Lipinski definition) is 3. The van der Waals surface area contributed by atoms with Crippen molar-refractivity contribution in [1.29, 1.82) is 0 Å². The van der Waals surface area contributed by atoms with Gasteiger partial charge in [-0.2, -0.15) is 0 Å². The Hall–Kier alpha value is -2.17. The van der Waals surface area contributed by atoms with Gasteiger partial charge in [-0.05, 0) is 25.0 Å². The minimum absolute atomic E-state index is 0.153. The quantitative estimate of drug-likeness (QED) is 0.757. The van der Waals surface area contributed by atoms with E-state index in [1.807, 2.05) is 6.07 Å². The number of hydrogen-bond donors (Lipinski definition) is 0. The fourth-order valence-corrected chi connectivity index (χ4v) is 2.93. The summed E-state index contributed by atoms with van der Waals surface area (Å²) in [5, 5.41) is 4.07. The highest BCUT2D eigenvalue weighted by molar-refractivity contribution is 6.01. The maximum Gasteiger partial charge on any atom is 0.226 e. The molecule has 4 nitrogen and oxygen atoms in total. The third-order valence-electron chi connectivity index (χ3n) is 4.43. The molecular formula is C18H21FN2O2. The number of oxime groups is 1. The predicted molar refractivity (Wildman–Crippen MR) is 86.5 cm³/mol. The van der Waals surface area contributed by atoms with E-state index in [-0.39, 0.29) is 23.7 Å². The van der Waals surface area contributed by atoms with Crippen molar-refractivity contribution in [3.8, 4) is 0 Å². The number of nitrogens with zero attached hydrogens (tertiary/aromatic N) is 2. The molecule has 1 aromatic carbocycles. The van der Waals surface area contributed by atoms with E-state index in [0.29, 0.717) is 19.5 Å². The van der Waals surface area contributed by atoms with Gasteiger partial charge < -0.3 is 9.74 Å². The SMILES string of the molecule is C=CCN(C[C@@H]1CC(c2cccc(F)c2)=NO1)C(=O)C1CCC1. The largest absolute Gasteiger partial charge is 0.390 e. The van der Waals surface area contributed by atoms with Gasteiger partial charge in [-0.3, -0.25) is 4.79 Å². The van der Waals surface area contributed by atoms with Crippen LogP contribution < -0.4 is 0 Å². The van der Waals surface area contributed by atoms with Crippen LogP contribution in [0.3, 0.4) is 0 Å². The van der Waals surface area contributed by atoms with Crippen LogP contribution in [0.15, 0.2) is 42.1 Å². The number of benzene rings is 1. The van der Waals surface area contributed by atoms with Gasteiger partial charge >= 0.3 is 0 Å². The molecule has 2 aliphatic rings. The van der Waals surface area contributed by atoms with Crippen molar-refractivity contribution in [3.63, 3.8) is 0 Å². The standard InChI is InChI=1S/C18H21FN2O2/c1-2-9-21(18(22)13-5-3-6-13)12-16-11-17(20-23-16)14-7-4-8-15(19)10-14/h2,4,7-8,10,13,16H,1,3,5-6,9,11-12H2/t16-/m0/s1. The monoisotopic (exact) mass is 316 g/mol. The molecule has 0 bridgehead atoms. The van der Waals surface area contributed by atoms with Crippen molar-refractivity contribution in [3.05, 3.63) is 48.3 Å². The molecule has 1 aliphatic carbocycles. The van der Waals surface area contributed by atoms with Crippen molar-refractivity contribution in [1.82, 2.24) is 4.90 Å². The van der Waals surface area contributed by atoms with E-state index in [1.54, 1.807) is 17.0 Å². The van der Waals surface area contributed by atoms with Crippen molar-refractivity contribution in [2.24, 2.45) is 11.1 Å². The summed E-state index contributed by atoms with van der Waals surface area (Å²) in [5.74, 6) is 0.0426. The third kappa shape index (κ3) is 3.60. The molecule has 1 amide bonds. The maximum absolute atomic E-state index is 13.3. The van der Waals surface area contributed by atoms with E-state index in [1.165, 1.54) is 12.1 Å². The highest BCUT2D eigenvalue weighted by atomic mass is 19.1. The Morgan fingerprint density at radius 3 is 2.96 bits per heavy atom. The summed E-state index contributed by atoms with van der Waals surface area (Å²) in [6.07, 6.45) is 5.21. The van der Waals surface area contributed by atoms with Gasteiger partial charge in [-0.25, -0.2) is 4.39 Å². The van der Waals surface area contributed by atoms with Gasteiger partial charge in [0, 0.05) is 24.4 Å². The lowest BCUT2D eigenvalue weighted by atomic mass is 9.84. The van der Waals surface area contributed by atoms with Crippen LogP contribution in [0.5, 0.6) is 0 Å². The van der Waals surface area contributed by atoms with Gasteiger partial charge in [0.15, 0.2) is 6.10 Å². The summed E-state index contributed by atoms with van der Waals surface area (Å²) in [4.78, 5) is 19.7. The minimum atomic E-state index is -0.290. The Kier molecular flexibility index (Phi) is 4.74. The molecule has 3 rings (SSSR count). The molecule has 0 N–H and O–H groups in total. The number of carbonyl (C=O) groups is 1. The molecule has 23 heavy (non-hydrogen) atoms. The molecule has 0 aromatic heterocycles. The lowest BCUT2D eigenvalue weighted by Crippen LogP contribution is -2.43. The van der Waals surface area contributed by atoms with Gasteiger partial charge in [0.05, 0.1) is 12.3 Å². The topological polar surface area (TPSA) is 41.9 Å². The predicted octanol–water partition coefficient (Wildman–Crippen LogP) is 3.13. The fourth-order valence-electron chi connectivity index (χ4n) is 2.93. The van der Waals surface area contributed by atoms with Crippen LogP contribution in [0, 0.1) is 11.7 Å². The summed E-state index contributed by atoms with van der Waals surface area (Å²) in [7, 11) is 0. The number of halogens is 1. The Labute approximate surface area is 135 Å². The van der Waals surface area contributed by atoms with Crippen LogP contribution in [0.25, 0.3) is 0 Å². The summed E-state index contributed by atoms with van der Waals surface area (Å²) >= 11 is 0. The lowest BCUT2D eigenvalue weighted by molar-refractivity contribution is -0.139. The normalized spacial score (nSPS) is 20.4. The van der Waals surface area contributed by atoms with Gasteiger partial charge in [0.25, 0.3) is 0 Å². The molecule has 122 valence electrons. The average molecular weight is 316 g/mol. The number of carbonyl (C=O) groups excluding carboxylic acids is 1. The molecule has 5 heteroatoms. The van der Waals surface area contributed by atoms with Crippen molar-refractivity contribution in [2.75, 3.05) is 13.1 Å². The summed E-state index contributed by atoms with van der Waals surface area (Å²) < 4.78 is 13.3. The molecular weight excluding hydrogens is 295 g/mol. The summed E-state index contributed by atoms with van der Waals surface area (Å²) in [6, 6.07) is 6.32. The van der Waals surface area contributed by atoms with E-state index >= 15 is 0 Å². The average Bonchev–Trinajstić information content (AvgIpc) is 2.93. The first-order chi connectivity index (χ1) is 11.2. The van der Waals surface area contributed by atoms with E-state index in [2.05, 4.69) is 11.7 Å². The van der Waals surface area contributed by atoms with Gasteiger partial charge in [-0.15, -0.1) is 6.58 Å².